The molecule has 3 nitrogen and oxygen atoms in total. The number of ether oxygens (including phenoxy) is 1. The Morgan fingerprint density at radius 3 is 2.33 bits per heavy atom. The van der Waals surface area contributed by atoms with Crippen LogP contribution in [0.15, 0.2) is 0 Å². The van der Waals surface area contributed by atoms with E-state index in [2.05, 4.69) is 32.6 Å². The van der Waals surface area contributed by atoms with Crippen molar-refractivity contribution in [3.05, 3.63) is 0 Å². The van der Waals surface area contributed by atoms with Gasteiger partial charge in [-0.3, -0.25) is 4.90 Å². The Bertz CT molecular complexity index is 352. The molecule has 0 aromatic carbocycles. The van der Waals surface area contributed by atoms with E-state index in [1.165, 1.54) is 25.8 Å². The maximum atomic E-state index is 6.34. The van der Waals surface area contributed by atoms with E-state index in [4.69, 9.17) is 10.5 Å². The highest BCUT2D eigenvalue weighted by Crippen LogP contribution is 2.53. The van der Waals surface area contributed by atoms with Gasteiger partial charge in [0.25, 0.3) is 0 Å². The minimum absolute atomic E-state index is 0.0380. The SMILES string of the molecule is CC1(C)CC(CN)(N2CC3CCC2C3)C(C)(C)O1. The van der Waals surface area contributed by atoms with Gasteiger partial charge in [0.2, 0.25) is 0 Å². The van der Waals surface area contributed by atoms with Crippen LogP contribution >= 0.6 is 0 Å². The van der Waals surface area contributed by atoms with E-state index in [0.717, 1.165) is 18.4 Å². The summed E-state index contributed by atoms with van der Waals surface area (Å²) in [6.07, 6.45) is 5.24. The Balaban J connectivity index is 1.95. The van der Waals surface area contributed by atoms with E-state index < -0.39 is 0 Å². The first-order valence-corrected chi connectivity index (χ1v) is 7.47. The third kappa shape index (κ3) is 1.60. The van der Waals surface area contributed by atoms with Gasteiger partial charge in [0.1, 0.15) is 0 Å². The summed E-state index contributed by atoms with van der Waals surface area (Å²) in [6.45, 7) is 10.8. The van der Waals surface area contributed by atoms with Crippen LogP contribution in [0.5, 0.6) is 0 Å². The molecule has 2 heterocycles. The van der Waals surface area contributed by atoms with Gasteiger partial charge < -0.3 is 10.5 Å². The van der Waals surface area contributed by atoms with E-state index in [1.54, 1.807) is 0 Å². The molecule has 2 bridgehead atoms. The normalized spacial score (nSPS) is 45.8. The topological polar surface area (TPSA) is 38.5 Å². The largest absolute Gasteiger partial charge is 0.368 e. The summed E-state index contributed by atoms with van der Waals surface area (Å²) in [5, 5.41) is 0. The van der Waals surface area contributed by atoms with E-state index in [9.17, 15) is 0 Å². The maximum absolute atomic E-state index is 6.34. The van der Waals surface area contributed by atoms with Crippen LogP contribution in [0.4, 0.5) is 0 Å². The van der Waals surface area contributed by atoms with Gasteiger partial charge in [-0.2, -0.15) is 0 Å². The minimum Gasteiger partial charge on any atom is -0.368 e. The fraction of sp³-hybridized carbons (Fsp3) is 1.00. The number of hydrogen-bond acceptors (Lipinski definition) is 3. The van der Waals surface area contributed by atoms with E-state index in [-0.39, 0.29) is 16.7 Å². The quantitative estimate of drug-likeness (QED) is 0.818. The van der Waals surface area contributed by atoms with Crippen molar-refractivity contribution in [2.75, 3.05) is 13.1 Å². The maximum Gasteiger partial charge on any atom is 0.0830 e. The molecule has 3 unspecified atom stereocenters. The first-order valence-electron chi connectivity index (χ1n) is 7.47. The molecule has 0 aromatic rings. The molecule has 2 saturated heterocycles. The number of hydrogen-bond donors (Lipinski definition) is 1. The molecule has 3 atom stereocenters. The predicted molar refractivity (Wildman–Crippen MR) is 73.5 cm³/mol. The molecular weight excluding hydrogens is 224 g/mol. The molecular formula is C15H28N2O. The van der Waals surface area contributed by atoms with Gasteiger partial charge in [0, 0.05) is 19.1 Å². The molecule has 3 aliphatic rings. The van der Waals surface area contributed by atoms with Crippen molar-refractivity contribution in [3.63, 3.8) is 0 Å². The fourth-order valence-electron chi connectivity index (χ4n) is 5.07. The molecule has 0 aromatic heterocycles. The third-order valence-electron chi connectivity index (χ3n) is 5.67. The van der Waals surface area contributed by atoms with Gasteiger partial charge in [-0.05, 0) is 59.3 Å². The molecule has 3 rings (SSSR count). The predicted octanol–water partition coefficient (Wildman–Crippen LogP) is 2.15. The first-order chi connectivity index (χ1) is 8.30. The lowest BCUT2D eigenvalue weighted by Gasteiger charge is -2.49. The van der Waals surface area contributed by atoms with Crippen molar-refractivity contribution in [2.24, 2.45) is 11.7 Å². The lowest BCUT2D eigenvalue weighted by molar-refractivity contribution is -0.109. The summed E-state index contributed by atoms with van der Waals surface area (Å²) in [5.41, 5.74) is 6.10. The second-order valence-electron chi connectivity index (χ2n) is 7.77. The Kier molecular flexibility index (Phi) is 2.66. The van der Waals surface area contributed by atoms with E-state index in [1.807, 2.05) is 0 Å². The number of piperidine rings is 1. The van der Waals surface area contributed by atoms with Gasteiger partial charge in [-0.25, -0.2) is 0 Å². The molecule has 1 aliphatic carbocycles. The van der Waals surface area contributed by atoms with Crippen molar-refractivity contribution in [1.29, 1.82) is 0 Å². The van der Waals surface area contributed by atoms with Crippen LogP contribution in [-0.4, -0.2) is 40.8 Å². The molecule has 18 heavy (non-hydrogen) atoms. The Labute approximate surface area is 111 Å². The molecule has 2 N–H and O–H groups in total. The number of rotatable bonds is 2. The van der Waals surface area contributed by atoms with Crippen LogP contribution in [0.1, 0.15) is 53.4 Å². The molecule has 2 aliphatic heterocycles. The highest BCUT2D eigenvalue weighted by Gasteiger charge is 2.62. The molecule has 104 valence electrons. The standard InChI is InChI=1S/C15H28N2O/c1-13(2)9-15(10-16,14(3,4)18-13)17-8-11-5-6-12(17)7-11/h11-12H,5-10,16H2,1-4H3. The monoisotopic (exact) mass is 252 g/mol. The van der Waals surface area contributed by atoms with Crippen LogP contribution in [0.2, 0.25) is 0 Å². The Morgan fingerprint density at radius 1 is 1.22 bits per heavy atom. The molecule has 0 spiro atoms. The summed E-state index contributed by atoms with van der Waals surface area (Å²) in [6, 6.07) is 0.760. The first kappa shape index (κ1) is 12.9. The van der Waals surface area contributed by atoms with Crippen molar-refractivity contribution in [1.82, 2.24) is 4.90 Å². The fourth-order valence-corrected chi connectivity index (χ4v) is 5.07. The average molecular weight is 252 g/mol. The lowest BCUT2D eigenvalue weighted by atomic mass is 9.76. The zero-order valence-corrected chi connectivity index (χ0v) is 12.3. The third-order valence-corrected chi connectivity index (χ3v) is 5.67. The zero-order chi connectivity index (χ0) is 13.2. The van der Waals surface area contributed by atoms with Crippen LogP contribution in [-0.2, 0) is 4.74 Å². The molecule has 0 radical (unpaired) electrons. The van der Waals surface area contributed by atoms with Gasteiger partial charge in [-0.15, -0.1) is 0 Å². The smallest absolute Gasteiger partial charge is 0.0830 e. The Hall–Kier alpha value is -0.120. The molecule has 1 saturated carbocycles. The van der Waals surface area contributed by atoms with Gasteiger partial charge in [-0.1, -0.05) is 0 Å². The molecule has 0 amide bonds. The number of fused-ring (bicyclic) bond motifs is 2. The lowest BCUT2D eigenvalue weighted by Crippen LogP contribution is -2.65. The van der Waals surface area contributed by atoms with Crippen LogP contribution in [0.3, 0.4) is 0 Å². The molecule has 3 fully saturated rings. The van der Waals surface area contributed by atoms with Crippen molar-refractivity contribution in [3.8, 4) is 0 Å². The highest BCUT2D eigenvalue weighted by molar-refractivity contribution is 5.16. The number of nitrogens with zero attached hydrogens (tertiary/aromatic N) is 1. The van der Waals surface area contributed by atoms with Crippen molar-refractivity contribution in [2.45, 2.75) is 76.2 Å². The zero-order valence-electron chi connectivity index (χ0n) is 12.3. The number of nitrogens with two attached hydrogens (primary N) is 1. The van der Waals surface area contributed by atoms with E-state index >= 15 is 0 Å². The summed E-state index contributed by atoms with van der Waals surface area (Å²) in [7, 11) is 0. The second kappa shape index (κ2) is 3.71. The number of likely N-dealkylation sites (tertiary alicyclic amines) is 1. The van der Waals surface area contributed by atoms with Crippen LogP contribution < -0.4 is 5.73 Å². The Morgan fingerprint density at radius 2 is 1.94 bits per heavy atom. The van der Waals surface area contributed by atoms with Crippen LogP contribution in [0.25, 0.3) is 0 Å². The average Bonchev–Trinajstić information content (AvgIpc) is 2.88. The summed E-state index contributed by atoms with van der Waals surface area (Å²) in [4.78, 5) is 2.72. The van der Waals surface area contributed by atoms with Gasteiger partial charge in [0.15, 0.2) is 0 Å². The summed E-state index contributed by atoms with van der Waals surface area (Å²) >= 11 is 0. The minimum atomic E-state index is -0.143. The molecule has 3 heteroatoms. The second-order valence-corrected chi connectivity index (χ2v) is 7.77. The summed E-state index contributed by atoms with van der Waals surface area (Å²) < 4.78 is 6.34. The van der Waals surface area contributed by atoms with Gasteiger partial charge >= 0.3 is 0 Å². The summed E-state index contributed by atoms with van der Waals surface area (Å²) in [5.74, 6) is 0.915. The van der Waals surface area contributed by atoms with Crippen LogP contribution in [0, 0.1) is 5.92 Å². The van der Waals surface area contributed by atoms with E-state index in [0.29, 0.717) is 6.54 Å². The van der Waals surface area contributed by atoms with Crippen molar-refractivity contribution >= 4 is 0 Å². The van der Waals surface area contributed by atoms with Gasteiger partial charge in [0.05, 0.1) is 16.7 Å². The highest BCUT2D eigenvalue weighted by atomic mass is 16.5. The van der Waals surface area contributed by atoms with Crippen molar-refractivity contribution < 1.29 is 4.74 Å².